The molecule has 5 nitrogen and oxygen atoms in total. The summed E-state index contributed by atoms with van der Waals surface area (Å²) in [6.45, 7) is 0. The lowest BCUT2D eigenvalue weighted by Gasteiger charge is -2.11. The number of nitrogens with two attached hydrogens (primary N) is 1. The van der Waals surface area contributed by atoms with E-state index in [-0.39, 0.29) is 5.91 Å². The average molecular weight is 300 g/mol. The van der Waals surface area contributed by atoms with Crippen molar-refractivity contribution in [2.75, 3.05) is 25.3 Å². The second-order valence-corrected chi connectivity index (χ2v) is 4.86. The second kappa shape index (κ2) is 7.36. The second-order valence-electron chi connectivity index (χ2n) is 4.86. The lowest BCUT2D eigenvalue weighted by atomic mass is 10.1. The molecule has 2 aromatic rings. The number of anilines is 2. The van der Waals surface area contributed by atoms with Gasteiger partial charge >= 0.3 is 0 Å². The summed E-state index contributed by atoms with van der Waals surface area (Å²) in [4.78, 5) is 12.1. The molecule has 0 aliphatic heterocycles. The van der Waals surface area contributed by atoms with E-state index < -0.39 is 0 Å². The molecule has 3 N–H and O–H groups in total. The smallest absolute Gasteiger partial charge is 0.224 e. The first-order valence-corrected chi connectivity index (χ1v) is 6.98. The van der Waals surface area contributed by atoms with Crippen LogP contribution < -0.4 is 20.5 Å². The minimum absolute atomic E-state index is 0.0802. The average Bonchev–Trinajstić information content (AvgIpc) is 2.54. The predicted molar refractivity (Wildman–Crippen MR) is 87.4 cm³/mol. The van der Waals surface area contributed by atoms with Crippen LogP contribution in [0.25, 0.3) is 0 Å². The van der Waals surface area contributed by atoms with E-state index in [1.807, 2.05) is 24.3 Å². The number of methoxy groups -OCH3 is 2. The molecular formula is C17H20N2O3. The Bertz CT molecular complexity index is 639. The van der Waals surface area contributed by atoms with Crippen molar-refractivity contribution in [2.45, 2.75) is 12.8 Å². The molecule has 0 saturated heterocycles. The first-order valence-electron chi connectivity index (χ1n) is 6.98. The highest BCUT2D eigenvalue weighted by molar-refractivity contribution is 5.92. The predicted octanol–water partition coefficient (Wildman–Crippen LogP) is 2.86. The van der Waals surface area contributed by atoms with Crippen LogP contribution in [0.15, 0.2) is 42.5 Å². The fourth-order valence-corrected chi connectivity index (χ4v) is 2.07. The monoisotopic (exact) mass is 300 g/mol. The number of hydrogen-bond acceptors (Lipinski definition) is 4. The summed E-state index contributed by atoms with van der Waals surface area (Å²) in [7, 11) is 3.14. The number of carbonyl (C=O) groups is 1. The lowest BCUT2D eigenvalue weighted by molar-refractivity contribution is -0.116. The summed E-state index contributed by atoms with van der Waals surface area (Å²) < 4.78 is 10.4. The maximum Gasteiger partial charge on any atom is 0.224 e. The Morgan fingerprint density at radius 2 is 1.82 bits per heavy atom. The minimum atomic E-state index is -0.0802. The Hall–Kier alpha value is -2.69. The van der Waals surface area contributed by atoms with Crippen molar-refractivity contribution >= 4 is 17.3 Å². The maximum atomic E-state index is 12.1. The third-order valence-corrected chi connectivity index (χ3v) is 3.30. The van der Waals surface area contributed by atoms with E-state index in [1.165, 1.54) is 0 Å². The van der Waals surface area contributed by atoms with Gasteiger partial charge in [0.25, 0.3) is 0 Å². The van der Waals surface area contributed by atoms with Gasteiger partial charge in [-0.05, 0) is 36.2 Å². The normalized spacial score (nSPS) is 10.1. The van der Waals surface area contributed by atoms with Gasteiger partial charge in [-0.3, -0.25) is 4.79 Å². The SMILES string of the molecule is COc1ccc(OC)c(NC(=O)CCc2ccc(N)cc2)c1. The zero-order valence-electron chi connectivity index (χ0n) is 12.8. The third kappa shape index (κ3) is 4.15. The molecule has 0 aromatic heterocycles. The Morgan fingerprint density at radius 3 is 2.45 bits per heavy atom. The molecule has 0 fully saturated rings. The zero-order chi connectivity index (χ0) is 15.9. The molecule has 0 aliphatic carbocycles. The van der Waals surface area contributed by atoms with Gasteiger partial charge in [0.05, 0.1) is 19.9 Å². The molecule has 0 unspecified atom stereocenters. The van der Waals surface area contributed by atoms with Gasteiger partial charge in [0.2, 0.25) is 5.91 Å². The number of nitrogen functional groups attached to an aromatic ring is 1. The number of rotatable bonds is 6. The van der Waals surface area contributed by atoms with Gasteiger partial charge in [0.15, 0.2) is 0 Å². The molecule has 0 radical (unpaired) electrons. The molecule has 2 rings (SSSR count). The van der Waals surface area contributed by atoms with Crippen molar-refractivity contribution in [3.05, 3.63) is 48.0 Å². The van der Waals surface area contributed by atoms with Gasteiger partial charge in [0, 0.05) is 18.2 Å². The van der Waals surface area contributed by atoms with Crippen LogP contribution in [0.4, 0.5) is 11.4 Å². The highest BCUT2D eigenvalue weighted by Crippen LogP contribution is 2.29. The Kier molecular flexibility index (Phi) is 5.25. The highest BCUT2D eigenvalue weighted by atomic mass is 16.5. The highest BCUT2D eigenvalue weighted by Gasteiger charge is 2.09. The van der Waals surface area contributed by atoms with E-state index in [1.54, 1.807) is 32.4 Å². The van der Waals surface area contributed by atoms with Crippen molar-refractivity contribution in [3.63, 3.8) is 0 Å². The van der Waals surface area contributed by atoms with Gasteiger partial charge in [0.1, 0.15) is 11.5 Å². The zero-order valence-corrected chi connectivity index (χ0v) is 12.8. The van der Waals surface area contributed by atoms with Crippen molar-refractivity contribution in [1.82, 2.24) is 0 Å². The van der Waals surface area contributed by atoms with Crippen LogP contribution in [0.5, 0.6) is 11.5 Å². The van der Waals surface area contributed by atoms with Gasteiger partial charge in [-0.2, -0.15) is 0 Å². The van der Waals surface area contributed by atoms with E-state index in [0.29, 0.717) is 35.7 Å². The number of benzene rings is 2. The molecule has 5 heteroatoms. The fourth-order valence-electron chi connectivity index (χ4n) is 2.07. The summed E-state index contributed by atoms with van der Waals surface area (Å²) in [5.41, 5.74) is 8.03. The minimum Gasteiger partial charge on any atom is -0.497 e. The van der Waals surface area contributed by atoms with E-state index in [2.05, 4.69) is 5.32 Å². The van der Waals surface area contributed by atoms with Gasteiger partial charge < -0.3 is 20.5 Å². The van der Waals surface area contributed by atoms with Crippen LogP contribution in [0, 0.1) is 0 Å². The molecule has 0 heterocycles. The summed E-state index contributed by atoms with van der Waals surface area (Å²) in [6, 6.07) is 12.8. The number of aryl methyl sites for hydroxylation is 1. The number of ether oxygens (including phenoxy) is 2. The van der Waals surface area contributed by atoms with Crippen LogP contribution in [-0.2, 0) is 11.2 Å². The Morgan fingerprint density at radius 1 is 1.09 bits per heavy atom. The van der Waals surface area contributed by atoms with E-state index in [9.17, 15) is 4.79 Å². The first kappa shape index (κ1) is 15.7. The summed E-state index contributed by atoms with van der Waals surface area (Å²) in [5, 5.41) is 2.85. The molecule has 1 amide bonds. The third-order valence-electron chi connectivity index (χ3n) is 3.30. The maximum absolute atomic E-state index is 12.1. The molecule has 0 atom stereocenters. The number of carbonyl (C=O) groups excluding carboxylic acids is 1. The van der Waals surface area contributed by atoms with Crippen molar-refractivity contribution in [1.29, 1.82) is 0 Å². The fraction of sp³-hybridized carbons (Fsp3) is 0.235. The van der Waals surface area contributed by atoms with E-state index in [0.717, 1.165) is 5.56 Å². The summed E-state index contributed by atoms with van der Waals surface area (Å²) >= 11 is 0. The molecule has 116 valence electrons. The van der Waals surface area contributed by atoms with Crippen LogP contribution in [-0.4, -0.2) is 20.1 Å². The molecular weight excluding hydrogens is 280 g/mol. The quantitative estimate of drug-likeness (QED) is 0.805. The summed E-state index contributed by atoms with van der Waals surface area (Å²) in [6.07, 6.45) is 1.03. The van der Waals surface area contributed by atoms with Crippen LogP contribution in [0.2, 0.25) is 0 Å². The number of hydrogen-bond donors (Lipinski definition) is 2. The standard InChI is InChI=1S/C17H20N2O3/c1-21-14-8-9-16(22-2)15(11-14)19-17(20)10-5-12-3-6-13(18)7-4-12/h3-4,6-9,11H,5,10,18H2,1-2H3,(H,19,20). The topological polar surface area (TPSA) is 73.6 Å². The summed E-state index contributed by atoms with van der Waals surface area (Å²) in [5.74, 6) is 1.18. The van der Waals surface area contributed by atoms with Crippen LogP contribution >= 0.6 is 0 Å². The molecule has 0 aliphatic rings. The Balaban J connectivity index is 1.98. The molecule has 0 spiro atoms. The van der Waals surface area contributed by atoms with Crippen molar-refractivity contribution in [2.24, 2.45) is 0 Å². The van der Waals surface area contributed by atoms with Gasteiger partial charge in [-0.1, -0.05) is 12.1 Å². The largest absolute Gasteiger partial charge is 0.497 e. The van der Waals surface area contributed by atoms with Crippen molar-refractivity contribution in [3.8, 4) is 11.5 Å². The molecule has 2 aromatic carbocycles. The molecule has 22 heavy (non-hydrogen) atoms. The Labute approximate surface area is 130 Å². The van der Waals surface area contributed by atoms with Gasteiger partial charge in [-0.15, -0.1) is 0 Å². The molecule has 0 saturated carbocycles. The lowest BCUT2D eigenvalue weighted by Crippen LogP contribution is -2.13. The van der Waals surface area contributed by atoms with Gasteiger partial charge in [-0.25, -0.2) is 0 Å². The molecule has 0 bridgehead atoms. The number of amides is 1. The first-order chi connectivity index (χ1) is 10.6. The number of nitrogens with one attached hydrogen (secondary N) is 1. The van der Waals surface area contributed by atoms with Crippen LogP contribution in [0.3, 0.4) is 0 Å². The van der Waals surface area contributed by atoms with Crippen molar-refractivity contribution < 1.29 is 14.3 Å². The van der Waals surface area contributed by atoms with Crippen LogP contribution in [0.1, 0.15) is 12.0 Å². The van der Waals surface area contributed by atoms with E-state index in [4.69, 9.17) is 15.2 Å². The van der Waals surface area contributed by atoms with E-state index >= 15 is 0 Å².